The van der Waals surface area contributed by atoms with Gasteiger partial charge in [-0.1, -0.05) is 22.4 Å². The number of H-pyrrole nitrogens is 1. The number of aromatic amines is 1. The molecule has 0 radical (unpaired) electrons. The number of halogens is 1. The highest BCUT2D eigenvalue weighted by Crippen LogP contribution is 2.34. The lowest BCUT2D eigenvalue weighted by Gasteiger charge is -2.29. The Morgan fingerprint density at radius 2 is 2.50 bits per heavy atom. The number of nitrogens with zero attached hydrogens (tertiary/aromatic N) is 1. The molecule has 0 bridgehead atoms. The van der Waals surface area contributed by atoms with Crippen LogP contribution >= 0.6 is 15.9 Å². The lowest BCUT2D eigenvalue weighted by molar-refractivity contribution is 0.307. The second-order valence-corrected chi connectivity index (χ2v) is 4.62. The smallest absolute Gasteiger partial charge is 0.107 e. The van der Waals surface area contributed by atoms with Gasteiger partial charge in [0.1, 0.15) is 5.82 Å². The molecule has 12 heavy (non-hydrogen) atoms. The van der Waals surface area contributed by atoms with Gasteiger partial charge < -0.3 is 4.98 Å². The number of nitrogens with one attached hydrogen (secondary N) is 1. The van der Waals surface area contributed by atoms with Crippen molar-refractivity contribution >= 4 is 15.9 Å². The van der Waals surface area contributed by atoms with E-state index in [1.54, 1.807) is 0 Å². The van der Waals surface area contributed by atoms with Crippen LogP contribution in [0, 0.1) is 5.92 Å². The number of rotatable bonds is 3. The second kappa shape index (κ2) is 3.60. The maximum atomic E-state index is 4.21. The van der Waals surface area contributed by atoms with Gasteiger partial charge in [0.2, 0.25) is 0 Å². The lowest BCUT2D eigenvalue weighted by Crippen LogP contribution is -2.24. The van der Waals surface area contributed by atoms with E-state index in [9.17, 15) is 0 Å². The third kappa shape index (κ3) is 1.71. The van der Waals surface area contributed by atoms with Crippen molar-refractivity contribution in [3.63, 3.8) is 0 Å². The van der Waals surface area contributed by atoms with Crippen molar-refractivity contribution in [1.29, 1.82) is 0 Å². The average molecular weight is 229 g/mol. The zero-order chi connectivity index (χ0) is 8.39. The molecule has 1 N–H and O–H groups in total. The summed E-state index contributed by atoms with van der Waals surface area (Å²) in [6.07, 6.45) is 8.92. The molecular formula is C9H13BrN2. The molecule has 0 saturated heterocycles. The minimum atomic E-state index is 0.623. The summed E-state index contributed by atoms with van der Waals surface area (Å²) in [7, 11) is 0. The summed E-state index contributed by atoms with van der Waals surface area (Å²) in [4.78, 5) is 7.96. The highest BCUT2D eigenvalue weighted by molar-refractivity contribution is 9.09. The summed E-state index contributed by atoms with van der Waals surface area (Å²) >= 11 is 3.72. The molecule has 0 aliphatic heterocycles. The first-order chi connectivity index (χ1) is 5.86. The van der Waals surface area contributed by atoms with E-state index in [1.807, 2.05) is 12.4 Å². The van der Waals surface area contributed by atoms with Crippen LogP contribution in [0.2, 0.25) is 0 Å². The maximum Gasteiger partial charge on any atom is 0.107 e. The summed E-state index contributed by atoms with van der Waals surface area (Å²) in [5, 5.41) is 0. The van der Waals surface area contributed by atoms with Crippen molar-refractivity contribution in [3.8, 4) is 0 Å². The first-order valence-electron chi connectivity index (χ1n) is 4.48. The summed E-state index contributed by atoms with van der Waals surface area (Å²) in [5.41, 5.74) is 0. The predicted octanol–water partition coefficient (Wildman–Crippen LogP) is 2.52. The van der Waals surface area contributed by atoms with Crippen LogP contribution in [0.5, 0.6) is 0 Å². The van der Waals surface area contributed by atoms with Crippen molar-refractivity contribution in [2.45, 2.75) is 30.5 Å². The van der Waals surface area contributed by atoms with E-state index >= 15 is 0 Å². The maximum absolute atomic E-state index is 4.21. The predicted molar refractivity (Wildman–Crippen MR) is 52.3 cm³/mol. The Balaban J connectivity index is 1.86. The number of hydrogen-bond acceptors (Lipinski definition) is 1. The molecule has 1 aromatic rings. The standard InChI is InChI=1S/C9H13BrN2/c10-8(7-2-1-3-7)6-9-11-4-5-12-9/h4-5,7-8H,1-3,6H2,(H,11,12). The van der Waals surface area contributed by atoms with E-state index in [0.29, 0.717) is 4.83 Å². The molecule has 1 fully saturated rings. The fourth-order valence-electron chi connectivity index (χ4n) is 1.56. The van der Waals surface area contributed by atoms with E-state index < -0.39 is 0 Å². The largest absolute Gasteiger partial charge is 0.349 e. The van der Waals surface area contributed by atoms with Crippen molar-refractivity contribution in [2.24, 2.45) is 5.92 Å². The SMILES string of the molecule is BrC(Cc1ncc[nH]1)C1CCC1. The summed E-state index contributed by atoms with van der Waals surface area (Å²) in [6, 6.07) is 0. The molecule has 1 atom stereocenters. The van der Waals surface area contributed by atoms with Crippen LogP contribution in [0.15, 0.2) is 12.4 Å². The van der Waals surface area contributed by atoms with Gasteiger partial charge in [0.15, 0.2) is 0 Å². The van der Waals surface area contributed by atoms with Gasteiger partial charge in [-0.2, -0.15) is 0 Å². The van der Waals surface area contributed by atoms with Crippen LogP contribution in [-0.2, 0) is 6.42 Å². The van der Waals surface area contributed by atoms with Crippen LogP contribution in [0.3, 0.4) is 0 Å². The number of alkyl halides is 1. The van der Waals surface area contributed by atoms with Crippen molar-refractivity contribution in [3.05, 3.63) is 18.2 Å². The summed E-state index contributed by atoms with van der Waals surface area (Å²) < 4.78 is 0. The molecule has 2 nitrogen and oxygen atoms in total. The molecule has 66 valence electrons. The molecule has 1 heterocycles. The topological polar surface area (TPSA) is 28.7 Å². The molecule has 1 aliphatic carbocycles. The van der Waals surface area contributed by atoms with E-state index in [2.05, 4.69) is 25.9 Å². The normalized spacial score (nSPS) is 20.4. The molecule has 0 amide bonds. The van der Waals surface area contributed by atoms with Gasteiger partial charge in [-0.3, -0.25) is 0 Å². The molecule has 2 rings (SSSR count). The fourth-order valence-corrected chi connectivity index (χ4v) is 2.40. The zero-order valence-corrected chi connectivity index (χ0v) is 8.55. The van der Waals surface area contributed by atoms with E-state index in [4.69, 9.17) is 0 Å². The van der Waals surface area contributed by atoms with Gasteiger partial charge in [-0.05, 0) is 18.8 Å². The molecule has 0 aromatic carbocycles. The molecule has 1 unspecified atom stereocenters. The first-order valence-corrected chi connectivity index (χ1v) is 5.40. The zero-order valence-electron chi connectivity index (χ0n) is 6.96. The van der Waals surface area contributed by atoms with Crippen LogP contribution in [0.25, 0.3) is 0 Å². The highest BCUT2D eigenvalue weighted by Gasteiger charge is 2.25. The lowest BCUT2D eigenvalue weighted by atomic mass is 9.82. The van der Waals surface area contributed by atoms with Crippen LogP contribution < -0.4 is 0 Å². The Morgan fingerprint density at radius 3 is 3.00 bits per heavy atom. The Hall–Kier alpha value is -0.310. The van der Waals surface area contributed by atoms with E-state index in [-0.39, 0.29) is 0 Å². The molecule has 1 aromatic heterocycles. The Bertz CT molecular complexity index is 229. The third-order valence-electron chi connectivity index (χ3n) is 2.60. The molecule has 0 spiro atoms. The molecule has 1 aliphatic rings. The molecule has 3 heteroatoms. The minimum absolute atomic E-state index is 0.623. The van der Waals surface area contributed by atoms with Crippen LogP contribution in [-0.4, -0.2) is 14.8 Å². The van der Waals surface area contributed by atoms with Crippen molar-refractivity contribution in [2.75, 3.05) is 0 Å². The summed E-state index contributed by atoms with van der Waals surface area (Å²) in [6.45, 7) is 0. The fraction of sp³-hybridized carbons (Fsp3) is 0.667. The van der Waals surface area contributed by atoms with Gasteiger partial charge >= 0.3 is 0 Å². The van der Waals surface area contributed by atoms with Crippen LogP contribution in [0.1, 0.15) is 25.1 Å². The Labute approximate surface area is 80.9 Å². The second-order valence-electron chi connectivity index (χ2n) is 3.45. The quantitative estimate of drug-likeness (QED) is 0.792. The number of hydrogen-bond donors (Lipinski definition) is 1. The highest BCUT2D eigenvalue weighted by atomic mass is 79.9. The van der Waals surface area contributed by atoms with Gasteiger partial charge in [0, 0.05) is 23.6 Å². The number of aromatic nitrogens is 2. The van der Waals surface area contributed by atoms with Crippen molar-refractivity contribution < 1.29 is 0 Å². The monoisotopic (exact) mass is 228 g/mol. The van der Waals surface area contributed by atoms with Crippen LogP contribution in [0.4, 0.5) is 0 Å². The van der Waals surface area contributed by atoms with E-state index in [1.165, 1.54) is 19.3 Å². The summed E-state index contributed by atoms with van der Waals surface area (Å²) in [5.74, 6) is 1.99. The van der Waals surface area contributed by atoms with Crippen molar-refractivity contribution in [1.82, 2.24) is 9.97 Å². The van der Waals surface area contributed by atoms with Gasteiger partial charge in [0.25, 0.3) is 0 Å². The Kier molecular flexibility index (Phi) is 2.49. The van der Waals surface area contributed by atoms with Gasteiger partial charge in [-0.25, -0.2) is 4.98 Å². The average Bonchev–Trinajstić information content (AvgIpc) is 2.34. The van der Waals surface area contributed by atoms with E-state index in [0.717, 1.165) is 18.2 Å². The minimum Gasteiger partial charge on any atom is -0.349 e. The Morgan fingerprint density at radius 1 is 1.67 bits per heavy atom. The van der Waals surface area contributed by atoms with Gasteiger partial charge in [0.05, 0.1) is 0 Å². The van der Waals surface area contributed by atoms with Gasteiger partial charge in [-0.15, -0.1) is 0 Å². The number of imidazole rings is 1. The molecule has 1 saturated carbocycles. The third-order valence-corrected chi connectivity index (χ3v) is 3.68. The molecular weight excluding hydrogens is 216 g/mol. The first kappa shape index (κ1) is 8.30.